The normalized spacial score (nSPS) is 17.0. The number of likely N-dealkylation sites (N-methyl/N-ethyl adjacent to an activating group) is 1. The molecule has 1 heterocycles. The predicted molar refractivity (Wildman–Crippen MR) is 91.4 cm³/mol. The molecular weight excluding hydrogens is 296 g/mol. The van der Waals surface area contributed by atoms with Gasteiger partial charge in [-0.1, -0.05) is 19.1 Å². The van der Waals surface area contributed by atoms with Gasteiger partial charge in [0, 0.05) is 17.5 Å². The average Bonchev–Trinajstić information content (AvgIpc) is 2.54. The first-order valence-electron chi connectivity index (χ1n) is 7.93. The zero-order valence-corrected chi connectivity index (χ0v) is 14.3. The Morgan fingerprint density at radius 2 is 1.95 bits per heavy atom. The summed E-state index contributed by atoms with van der Waals surface area (Å²) in [6, 6.07) is 9.19. The zero-order chi connectivity index (χ0) is 15.9. The number of hydrogen-bond acceptors (Lipinski definition) is 4. The summed E-state index contributed by atoms with van der Waals surface area (Å²) in [5.74, 6) is -0.724. The van der Waals surface area contributed by atoms with Crippen LogP contribution in [0.5, 0.6) is 0 Å². The van der Waals surface area contributed by atoms with Crippen LogP contribution in [0.1, 0.15) is 25.3 Å². The van der Waals surface area contributed by atoms with E-state index in [1.807, 2.05) is 6.92 Å². The second kappa shape index (κ2) is 8.56. The number of carboxylic acid groups (broad SMARTS) is 1. The molecule has 0 radical (unpaired) electrons. The maximum absolute atomic E-state index is 10.9. The molecule has 1 aromatic carbocycles. The minimum Gasteiger partial charge on any atom is -0.480 e. The summed E-state index contributed by atoms with van der Waals surface area (Å²) >= 11 is 1.77. The first-order valence-corrected chi connectivity index (χ1v) is 9.16. The Labute approximate surface area is 137 Å². The topological polar surface area (TPSA) is 43.8 Å². The molecule has 1 N–H and O–H groups in total. The van der Waals surface area contributed by atoms with Gasteiger partial charge in [-0.3, -0.25) is 14.6 Å². The van der Waals surface area contributed by atoms with Gasteiger partial charge in [0.25, 0.3) is 0 Å². The smallest absolute Gasteiger partial charge is 0.317 e. The molecule has 0 spiro atoms. The zero-order valence-electron chi connectivity index (χ0n) is 13.5. The number of nitrogens with zero attached hydrogens (tertiary/aromatic N) is 2. The molecule has 0 atom stereocenters. The van der Waals surface area contributed by atoms with E-state index in [9.17, 15) is 4.79 Å². The Morgan fingerprint density at radius 1 is 1.32 bits per heavy atom. The molecule has 1 aromatic rings. The van der Waals surface area contributed by atoms with Crippen LogP contribution in [0.3, 0.4) is 0 Å². The molecule has 4 nitrogen and oxygen atoms in total. The Hall–Kier alpha value is -1.04. The van der Waals surface area contributed by atoms with E-state index < -0.39 is 5.97 Å². The van der Waals surface area contributed by atoms with E-state index in [-0.39, 0.29) is 6.54 Å². The van der Waals surface area contributed by atoms with Crippen LogP contribution in [0.25, 0.3) is 0 Å². The van der Waals surface area contributed by atoms with Crippen LogP contribution in [-0.2, 0) is 11.3 Å². The first-order chi connectivity index (χ1) is 10.6. The molecule has 122 valence electrons. The third-order valence-corrected chi connectivity index (χ3v) is 5.13. The highest BCUT2D eigenvalue weighted by Gasteiger charge is 2.24. The summed E-state index contributed by atoms with van der Waals surface area (Å²) in [5, 5.41) is 8.98. The fourth-order valence-electron chi connectivity index (χ4n) is 3.10. The van der Waals surface area contributed by atoms with Gasteiger partial charge in [0.05, 0.1) is 6.54 Å². The molecule has 0 amide bonds. The van der Waals surface area contributed by atoms with Crippen molar-refractivity contribution in [3.63, 3.8) is 0 Å². The van der Waals surface area contributed by atoms with Crippen LogP contribution in [0, 0.1) is 0 Å². The maximum Gasteiger partial charge on any atom is 0.317 e. The molecule has 0 unspecified atom stereocenters. The van der Waals surface area contributed by atoms with Gasteiger partial charge >= 0.3 is 5.97 Å². The largest absolute Gasteiger partial charge is 0.480 e. The summed E-state index contributed by atoms with van der Waals surface area (Å²) < 4.78 is 0. The number of carbonyl (C=O) groups is 1. The highest BCUT2D eigenvalue weighted by molar-refractivity contribution is 7.98. The fraction of sp³-hybridized carbons (Fsp3) is 0.588. The Morgan fingerprint density at radius 3 is 2.45 bits per heavy atom. The fourth-order valence-corrected chi connectivity index (χ4v) is 3.51. The number of rotatable bonds is 7. The van der Waals surface area contributed by atoms with Crippen molar-refractivity contribution in [2.75, 3.05) is 32.4 Å². The van der Waals surface area contributed by atoms with Crippen molar-refractivity contribution in [1.29, 1.82) is 0 Å². The lowest BCUT2D eigenvalue weighted by Crippen LogP contribution is -2.46. The summed E-state index contributed by atoms with van der Waals surface area (Å²) in [7, 11) is 0. The standard InChI is InChI=1S/C17H26N2O2S/c1-3-19(13-17(20)21)15-8-10-18(11-9-15)12-14-4-6-16(22-2)7-5-14/h4-7,15H,3,8-13H2,1-2H3,(H,20,21). The van der Waals surface area contributed by atoms with Gasteiger partial charge in [-0.2, -0.15) is 0 Å². The van der Waals surface area contributed by atoms with Crippen molar-refractivity contribution >= 4 is 17.7 Å². The van der Waals surface area contributed by atoms with E-state index in [1.165, 1.54) is 10.5 Å². The molecule has 1 aliphatic heterocycles. The van der Waals surface area contributed by atoms with E-state index >= 15 is 0 Å². The van der Waals surface area contributed by atoms with Crippen LogP contribution in [0.4, 0.5) is 0 Å². The maximum atomic E-state index is 10.9. The van der Waals surface area contributed by atoms with E-state index in [2.05, 4.69) is 40.3 Å². The highest BCUT2D eigenvalue weighted by atomic mass is 32.2. The molecule has 0 aliphatic carbocycles. The minimum absolute atomic E-state index is 0.164. The van der Waals surface area contributed by atoms with Crippen molar-refractivity contribution in [1.82, 2.24) is 9.80 Å². The van der Waals surface area contributed by atoms with Crippen LogP contribution < -0.4 is 0 Å². The number of hydrogen-bond donors (Lipinski definition) is 1. The van der Waals surface area contributed by atoms with Gasteiger partial charge in [0.1, 0.15) is 0 Å². The molecule has 5 heteroatoms. The van der Waals surface area contributed by atoms with Crippen LogP contribution >= 0.6 is 11.8 Å². The van der Waals surface area contributed by atoms with E-state index in [4.69, 9.17) is 5.11 Å². The van der Waals surface area contributed by atoms with Crippen molar-refractivity contribution in [3.05, 3.63) is 29.8 Å². The molecule has 0 bridgehead atoms. The third-order valence-electron chi connectivity index (χ3n) is 4.38. The van der Waals surface area contributed by atoms with Gasteiger partial charge in [-0.25, -0.2) is 0 Å². The monoisotopic (exact) mass is 322 g/mol. The van der Waals surface area contributed by atoms with Gasteiger partial charge in [0.15, 0.2) is 0 Å². The van der Waals surface area contributed by atoms with Crippen molar-refractivity contribution in [3.8, 4) is 0 Å². The number of benzene rings is 1. The SMILES string of the molecule is CCN(CC(=O)O)C1CCN(Cc2ccc(SC)cc2)CC1. The van der Waals surface area contributed by atoms with Crippen molar-refractivity contribution in [2.24, 2.45) is 0 Å². The average molecular weight is 322 g/mol. The second-order valence-corrected chi connectivity index (χ2v) is 6.69. The number of piperidine rings is 1. The molecule has 0 saturated carbocycles. The summed E-state index contributed by atoms with van der Waals surface area (Å²) in [6.45, 7) is 6.11. The number of likely N-dealkylation sites (tertiary alicyclic amines) is 1. The first kappa shape index (κ1) is 17.3. The molecular formula is C17H26N2O2S. The second-order valence-electron chi connectivity index (χ2n) is 5.81. The highest BCUT2D eigenvalue weighted by Crippen LogP contribution is 2.20. The van der Waals surface area contributed by atoms with Gasteiger partial charge in [-0.15, -0.1) is 11.8 Å². The van der Waals surface area contributed by atoms with Gasteiger partial charge in [0.2, 0.25) is 0 Å². The van der Waals surface area contributed by atoms with Crippen LogP contribution in [0.2, 0.25) is 0 Å². The summed E-state index contributed by atoms with van der Waals surface area (Å²) in [4.78, 5) is 16.8. The Balaban J connectivity index is 1.82. The molecule has 1 fully saturated rings. The lowest BCUT2D eigenvalue weighted by Gasteiger charge is -2.37. The molecule has 1 aliphatic rings. The molecule has 1 saturated heterocycles. The van der Waals surface area contributed by atoms with Crippen molar-refractivity contribution < 1.29 is 9.90 Å². The van der Waals surface area contributed by atoms with E-state index in [1.54, 1.807) is 11.8 Å². The minimum atomic E-state index is -0.724. The number of aliphatic carboxylic acids is 1. The van der Waals surface area contributed by atoms with E-state index in [0.717, 1.165) is 39.0 Å². The molecule has 22 heavy (non-hydrogen) atoms. The molecule has 0 aromatic heterocycles. The van der Waals surface area contributed by atoms with Crippen LogP contribution in [-0.4, -0.2) is 59.4 Å². The molecule has 2 rings (SSSR count). The van der Waals surface area contributed by atoms with Crippen LogP contribution in [0.15, 0.2) is 29.2 Å². The van der Waals surface area contributed by atoms with Gasteiger partial charge in [-0.05, 0) is 56.4 Å². The Kier molecular flexibility index (Phi) is 6.73. The predicted octanol–water partition coefficient (Wildman–Crippen LogP) is 2.78. The summed E-state index contributed by atoms with van der Waals surface area (Å²) in [6.07, 6.45) is 4.21. The number of carboxylic acids is 1. The third kappa shape index (κ3) is 5.00. The lowest BCUT2D eigenvalue weighted by atomic mass is 10.0. The van der Waals surface area contributed by atoms with E-state index in [0.29, 0.717) is 6.04 Å². The summed E-state index contributed by atoms with van der Waals surface area (Å²) in [5.41, 5.74) is 1.36. The quantitative estimate of drug-likeness (QED) is 0.782. The number of thioether (sulfide) groups is 1. The lowest BCUT2D eigenvalue weighted by molar-refractivity contribution is -0.139. The van der Waals surface area contributed by atoms with Crippen molar-refractivity contribution in [2.45, 2.75) is 37.2 Å². The Bertz CT molecular complexity index is 470. The van der Waals surface area contributed by atoms with Gasteiger partial charge < -0.3 is 5.11 Å².